The minimum absolute atomic E-state index is 0.0416. The highest BCUT2D eigenvalue weighted by molar-refractivity contribution is 5.88. The molecule has 1 aromatic rings. The Bertz CT molecular complexity index is 427. The van der Waals surface area contributed by atoms with Crippen molar-refractivity contribution in [2.24, 2.45) is 0 Å². The molecule has 1 aliphatic heterocycles. The van der Waals surface area contributed by atoms with E-state index < -0.39 is 0 Å². The van der Waals surface area contributed by atoms with Gasteiger partial charge < -0.3 is 9.73 Å². The van der Waals surface area contributed by atoms with Gasteiger partial charge in [0.25, 0.3) is 0 Å². The highest BCUT2D eigenvalue weighted by Crippen LogP contribution is 2.22. The van der Waals surface area contributed by atoms with Crippen molar-refractivity contribution in [2.75, 3.05) is 11.9 Å². The number of hydrogen-bond acceptors (Lipinski definition) is 5. The van der Waals surface area contributed by atoms with Crippen LogP contribution in [-0.2, 0) is 4.79 Å². The molecule has 0 radical (unpaired) electrons. The number of carbonyl (C=O) groups excluding carboxylic acids is 1. The lowest BCUT2D eigenvalue weighted by molar-refractivity contribution is -0.116. The number of amides is 1. The first-order chi connectivity index (χ1) is 10.3. The fourth-order valence-electron chi connectivity index (χ4n) is 2.57. The zero-order valence-electron chi connectivity index (χ0n) is 12.9. The summed E-state index contributed by atoms with van der Waals surface area (Å²) >= 11 is 0. The Hall–Kier alpha value is -1.43. The molecular formula is C15H26N4O2. The molecule has 1 fully saturated rings. The third-order valence-electron chi connectivity index (χ3n) is 3.80. The molecule has 2 N–H and O–H groups in total. The molecule has 0 bridgehead atoms. The van der Waals surface area contributed by atoms with E-state index >= 15 is 0 Å². The van der Waals surface area contributed by atoms with E-state index in [1.54, 1.807) is 0 Å². The van der Waals surface area contributed by atoms with Crippen LogP contribution in [0.15, 0.2) is 4.42 Å². The molecule has 1 atom stereocenters. The lowest BCUT2D eigenvalue weighted by Gasteiger charge is -2.03. The fourth-order valence-corrected chi connectivity index (χ4v) is 2.57. The summed E-state index contributed by atoms with van der Waals surface area (Å²) in [5, 5.41) is 13.8. The van der Waals surface area contributed by atoms with E-state index in [-0.39, 0.29) is 18.0 Å². The van der Waals surface area contributed by atoms with Gasteiger partial charge in [-0.05, 0) is 25.8 Å². The van der Waals surface area contributed by atoms with Crippen molar-refractivity contribution in [2.45, 2.75) is 70.8 Å². The Balaban J connectivity index is 1.63. The predicted octanol–water partition coefficient (Wildman–Crippen LogP) is 3.18. The van der Waals surface area contributed by atoms with Crippen molar-refractivity contribution >= 4 is 11.9 Å². The van der Waals surface area contributed by atoms with Gasteiger partial charge in [-0.1, -0.05) is 44.1 Å². The molecule has 1 amide bonds. The molecule has 0 saturated carbocycles. The number of nitrogens with zero attached hydrogens (tertiary/aromatic N) is 2. The van der Waals surface area contributed by atoms with Crippen molar-refractivity contribution < 1.29 is 9.21 Å². The Kier molecular flexibility index (Phi) is 6.66. The summed E-state index contributed by atoms with van der Waals surface area (Å²) in [7, 11) is 0. The van der Waals surface area contributed by atoms with Crippen LogP contribution in [0.4, 0.5) is 6.01 Å². The molecule has 118 valence electrons. The lowest BCUT2D eigenvalue weighted by Crippen LogP contribution is -2.13. The molecule has 1 saturated heterocycles. The Labute approximate surface area is 126 Å². The van der Waals surface area contributed by atoms with Crippen molar-refractivity contribution in [1.82, 2.24) is 15.5 Å². The zero-order valence-corrected chi connectivity index (χ0v) is 12.9. The van der Waals surface area contributed by atoms with Gasteiger partial charge in [-0.2, -0.15) is 0 Å². The Morgan fingerprint density at radius 1 is 1.29 bits per heavy atom. The van der Waals surface area contributed by atoms with E-state index in [0.29, 0.717) is 12.3 Å². The molecule has 0 spiro atoms. The Morgan fingerprint density at radius 2 is 2.10 bits per heavy atom. The largest absolute Gasteiger partial charge is 0.406 e. The predicted molar refractivity (Wildman–Crippen MR) is 80.9 cm³/mol. The molecule has 0 aliphatic carbocycles. The van der Waals surface area contributed by atoms with Crippen LogP contribution in [-0.4, -0.2) is 22.6 Å². The first kappa shape index (κ1) is 15.9. The van der Waals surface area contributed by atoms with Crippen LogP contribution >= 0.6 is 0 Å². The van der Waals surface area contributed by atoms with Crippen molar-refractivity contribution in [1.29, 1.82) is 0 Å². The quantitative estimate of drug-likeness (QED) is 0.684. The van der Waals surface area contributed by atoms with Gasteiger partial charge in [-0.15, -0.1) is 5.10 Å². The van der Waals surface area contributed by atoms with Crippen LogP contribution in [0.1, 0.15) is 76.6 Å². The standard InChI is InChI=1S/C15H26N4O2/c1-2-3-4-5-6-7-10-13(20)17-15-19-18-14(21-15)12-9-8-11-16-12/h12,16H,2-11H2,1H3,(H,17,19,20). The van der Waals surface area contributed by atoms with Crippen molar-refractivity contribution in [3.63, 3.8) is 0 Å². The summed E-state index contributed by atoms with van der Waals surface area (Å²) in [6, 6.07) is 0.358. The molecule has 21 heavy (non-hydrogen) atoms. The van der Waals surface area contributed by atoms with Gasteiger partial charge in [0.2, 0.25) is 11.8 Å². The van der Waals surface area contributed by atoms with Gasteiger partial charge in [-0.3, -0.25) is 10.1 Å². The number of rotatable bonds is 9. The van der Waals surface area contributed by atoms with Crippen LogP contribution in [0.5, 0.6) is 0 Å². The molecule has 2 rings (SSSR count). The van der Waals surface area contributed by atoms with Gasteiger partial charge >= 0.3 is 6.01 Å². The molecule has 0 aromatic carbocycles. The lowest BCUT2D eigenvalue weighted by atomic mass is 10.1. The average Bonchev–Trinajstić information content (AvgIpc) is 3.13. The smallest absolute Gasteiger partial charge is 0.322 e. The molecule has 1 aromatic heterocycles. The van der Waals surface area contributed by atoms with Gasteiger partial charge in [0, 0.05) is 6.42 Å². The second-order valence-corrected chi connectivity index (χ2v) is 5.66. The summed E-state index contributed by atoms with van der Waals surface area (Å²) < 4.78 is 5.48. The summed E-state index contributed by atoms with van der Waals surface area (Å²) in [6.45, 7) is 3.18. The van der Waals surface area contributed by atoms with Crippen LogP contribution < -0.4 is 10.6 Å². The van der Waals surface area contributed by atoms with E-state index in [2.05, 4.69) is 27.8 Å². The van der Waals surface area contributed by atoms with E-state index in [1.165, 1.54) is 25.7 Å². The van der Waals surface area contributed by atoms with E-state index in [9.17, 15) is 4.79 Å². The first-order valence-electron chi connectivity index (χ1n) is 8.16. The second-order valence-electron chi connectivity index (χ2n) is 5.66. The number of hydrogen-bond donors (Lipinski definition) is 2. The summed E-state index contributed by atoms with van der Waals surface area (Å²) in [5.41, 5.74) is 0. The fraction of sp³-hybridized carbons (Fsp3) is 0.800. The number of carbonyl (C=O) groups is 1. The SMILES string of the molecule is CCCCCCCCC(=O)Nc1nnc(C2CCCN2)o1. The molecule has 6 heteroatoms. The van der Waals surface area contributed by atoms with E-state index in [1.807, 2.05) is 0 Å². The minimum Gasteiger partial charge on any atom is -0.406 e. The van der Waals surface area contributed by atoms with Crippen LogP contribution in [0.25, 0.3) is 0 Å². The maximum absolute atomic E-state index is 11.8. The van der Waals surface area contributed by atoms with Crippen molar-refractivity contribution in [3.8, 4) is 0 Å². The number of unbranched alkanes of at least 4 members (excludes halogenated alkanes) is 5. The molecule has 6 nitrogen and oxygen atoms in total. The maximum Gasteiger partial charge on any atom is 0.322 e. The molecule has 2 heterocycles. The third kappa shape index (κ3) is 5.46. The van der Waals surface area contributed by atoms with E-state index in [0.717, 1.165) is 32.2 Å². The van der Waals surface area contributed by atoms with Crippen molar-refractivity contribution in [3.05, 3.63) is 5.89 Å². The second kappa shape index (κ2) is 8.77. The third-order valence-corrected chi connectivity index (χ3v) is 3.80. The van der Waals surface area contributed by atoms with Gasteiger partial charge in [0.15, 0.2) is 0 Å². The van der Waals surface area contributed by atoms with Crippen LogP contribution in [0, 0.1) is 0 Å². The highest BCUT2D eigenvalue weighted by Gasteiger charge is 2.22. The maximum atomic E-state index is 11.8. The van der Waals surface area contributed by atoms with Gasteiger partial charge in [-0.25, -0.2) is 0 Å². The molecule has 1 unspecified atom stereocenters. The number of aromatic nitrogens is 2. The highest BCUT2D eigenvalue weighted by atomic mass is 16.4. The number of anilines is 1. The zero-order chi connectivity index (χ0) is 14.9. The summed E-state index contributed by atoms with van der Waals surface area (Å²) in [4.78, 5) is 11.8. The van der Waals surface area contributed by atoms with Gasteiger partial charge in [0.05, 0.1) is 6.04 Å². The molecule has 1 aliphatic rings. The van der Waals surface area contributed by atoms with Crippen LogP contribution in [0.2, 0.25) is 0 Å². The van der Waals surface area contributed by atoms with Gasteiger partial charge in [0.1, 0.15) is 0 Å². The minimum atomic E-state index is -0.0416. The first-order valence-corrected chi connectivity index (χ1v) is 8.16. The summed E-state index contributed by atoms with van der Waals surface area (Å²) in [6.07, 6.45) is 9.67. The monoisotopic (exact) mass is 294 g/mol. The average molecular weight is 294 g/mol. The number of nitrogens with one attached hydrogen (secondary N) is 2. The Morgan fingerprint density at radius 3 is 2.86 bits per heavy atom. The van der Waals surface area contributed by atoms with E-state index in [4.69, 9.17) is 4.42 Å². The molecular weight excluding hydrogens is 268 g/mol. The summed E-state index contributed by atoms with van der Waals surface area (Å²) in [5.74, 6) is 0.530. The normalized spacial score (nSPS) is 18.0. The topological polar surface area (TPSA) is 80.0 Å². The van der Waals surface area contributed by atoms with Crippen LogP contribution in [0.3, 0.4) is 0 Å².